The van der Waals surface area contributed by atoms with Crippen LogP contribution in [0.2, 0.25) is 0 Å². The van der Waals surface area contributed by atoms with Crippen molar-refractivity contribution in [3.63, 3.8) is 0 Å². The van der Waals surface area contributed by atoms with Gasteiger partial charge in [0.15, 0.2) is 6.61 Å². The second-order valence-electron chi connectivity index (χ2n) is 12.2. The number of aryl methyl sites for hydroxylation is 1. The van der Waals surface area contributed by atoms with E-state index >= 15 is 0 Å². The number of fused-ring (bicyclic) bond motifs is 1. The van der Waals surface area contributed by atoms with Crippen LogP contribution in [0.3, 0.4) is 0 Å². The minimum atomic E-state index is -1.17. The molecule has 258 valence electrons. The van der Waals surface area contributed by atoms with Crippen LogP contribution in [0.15, 0.2) is 24.3 Å². The molecule has 15 nitrogen and oxygen atoms in total. The number of benzene rings is 1. The number of aromatic nitrogens is 1. The van der Waals surface area contributed by atoms with Crippen molar-refractivity contribution in [3.05, 3.63) is 35.5 Å². The van der Waals surface area contributed by atoms with Gasteiger partial charge in [0.2, 0.25) is 11.8 Å². The van der Waals surface area contributed by atoms with Crippen LogP contribution >= 0.6 is 0 Å². The van der Waals surface area contributed by atoms with E-state index in [4.69, 9.17) is 9.47 Å². The van der Waals surface area contributed by atoms with Crippen LogP contribution in [0.1, 0.15) is 55.1 Å². The van der Waals surface area contributed by atoms with Gasteiger partial charge < -0.3 is 39.5 Å². The number of rotatable bonds is 11. The van der Waals surface area contributed by atoms with Gasteiger partial charge in [-0.25, -0.2) is 9.78 Å². The maximum Gasteiger partial charge on any atom is 0.409 e. The fraction of sp³-hybridized carbons (Fsp3) is 0.545. The van der Waals surface area contributed by atoms with Gasteiger partial charge in [0.05, 0.1) is 12.1 Å². The molecular weight excluding hydrogens is 624 g/mol. The lowest BCUT2D eigenvalue weighted by Gasteiger charge is -2.36. The average molecular weight is 667 g/mol. The molecule has 3 fully saturated rings. The molecule has 3 aliphatic heterocycles. The fourth-order valence-electron chi connectivity index (χ4n) is 6.14. The number of amides is 5. The van der Waals surface area contributed by atoms with Crippen molar-refractivity contribution < 1.29 is 43.3 Å². The number of carboxylic acid groups (broad SMARTS) is 1. The van der Waals surface area contributed by atoms with Gasteiger partial charge in [-0.1, -0.05) is 6.07 Å². The number of hydrogen-bond acceptors (Lipinski definition) is 9. The molecule has 2 aromatic rings. The molecule has 3 saturated heterocycles. The minimum Gasteiger partial charge on any atom is -0.483 e. The summed E-state index contributed by atoms with van der Waals surface area (Å²) < 4.78 is 11.0. The van der Waals surface area contributed by atoms with Crippen molar-refractivity contribution in [2.75, 3.05) is 59.0 Å². The van der Waals surface area contributed by atoms with Gasteiger partial charge in [0, 0.05) is 63.7 Å². The predicted molar refractivity (Wildman–Crippen MR) is 171 cm³/mol. The number of ether oxygens (including phenoxy) is 2. The molecular formula is C33H42N6O9. The Morgan fingerprint density at radius 2 is 1.69 bits per heavy atom. The van der Waals surface area contributed by atoms with E-state index < -0.39 is 36.0 Å². The van der Waals surface area contributed by atoms with Crippen LogP contribution in [0.25, 0.3) is 10.9 Å². The first-order valence-corrected chi connectivity index (χ1v) is 16.4. The zero-order valence-corrected chi connectivity index (χ0v) is 27.3. The predicted octanol–water partition coefficient (Wildman–Crippen LogP) is 1.41. The highest BCUT2D eigenvalue weighted by molar-refractivity contribution is 5.99. The van der Waals surface area contributed by atoms with Crippen molar-refractivity contribution in [2.24, 2.45) is 0 Å². The lowest BCUT2D eigenvalue weighted by Crippen LogP contribution is -2.56. The molecule has 0 bridgehead atoms. The van der Waals surface area contributed by atoms with Gasteiger partial charge >= 0.3 is 12.1 Å². The maximum absolute atomic E-state index is 13.6. The zero-order chi connectivity index (χ0) is 34.4. The Morgan fingerprint density at radius 1 is 0.958 bits per heavy atom. The number of hydrogen-bond donors (Lipinski definition) is 2. The van der Waals surface area contributed by atoms with E-state index in [0.717, 1.165) is 18.4 Å². The third-order valence-electron chi connectivity index (χ3n) is 8.90. The van der Waals surface area contributed by atoms with Crippen molar-refractivity contribution >= 4 is 46.6 Å². The molecule has 5 rings (SSSR count). The number of aliphatic carboxylic acids is 1. The van der Waals surface area contributed by atoms with Gasteiger partial charge in [-0.3, -0.25) is 24.0 Å². The number of nitrogens with one attached hydrogen (secondary N) is 1. The molecule has 1 aromatic heterocycles. The molecule has 1 aromatic carbocycles. The highest BCUT2D eigenvalue weighted by Gasteiger charge is 2.38. The molecule has 0 saturated carbocycles. The van der Waals surface area contributed by atoms with Gasteiger partial charge in [-0.15, -0.1) is 0 Å². The smallest absolute Gasteiger partial charge is 0.409 e. The summed E-state index contributed by atoms with van der Waals surface area (Å²) in [4.78, 5) is 87.6. The van der Waals surface area contributed by atoms with E-state index in [-0.39, 0.29) is 75.5 Å². The Labute approximate surface area is 278 Å². The van der Waals surface area contributed by atoms with Crippen molar-refractivity contribution in [2.45, 2.75) is 58.0 Å². The first-order chi connectivity index (χ1) is 23.0. The zero-order valence-electron chi connectivity index (χ0n) is 27.3. The van der Waals surface area contributed by atoms with E-state index in [1.165, 1.54) is 15.9 Å². The number of carboxylic acids is 1. The Morgan fingerprint density at radius 3 is 2.35 bits per heavy atom. The first kappa shape index (κ1) is 34.4. The number of pyridine rings is 1. The Bertz CT molecular complexity index is 1570. The van der Waals surface area contributed by atoms with E-state index in [1.54, 1.807) is 28.9 Å². The van der Waals surface area contributed by atoms with E-state index in [0.29, 0.717) is 37.0 Å². The third kappa shape index (κ3) is 7.94. The Hall–Kier alpha value is -4.95. The minimum absolute atomic E-state index is 0.0382. The number of nitrogens with zero attached hydrogens (tertiary/aromatic N) is 5. The van der Waals surface area contributed by atoms with Crippen molar-refractivity contribution in [3.8, 4) is 5.75 Å². The molecule has 48 heavy (non-hydrogen) atoms. The standard InChI is InChI=1S/C33H42N6O9/c1-3-47-33(46)38-16-14-37(15-17-38)31(44)23(9-10-29(41)42)35-30(43)25-19-27(22-8-7-21(2)18-24(22)34-25)48-20-28(40)39-13-4-6-26(39)32(45)36-11-5-12-36/h7-8,18-19,23,26H,3-6,9-17,20H2,1-2H3,(H,35,43)(H,41,42)/t23-,26-/m0/s1. The van der Waals surface area contributed by atoms with Crippen molar-refractivity contribution in [1.82, 2.24) is 29.9 Å². The molecule has 0 radical (unpaired) electrons. The van der Waals surface area contributed by atoms with Gasteiger partial charge in [-0.05, 0) is 57.2 Å². The molecule has 2 atom stereocenters. The normalized spacial score (nSPS) is 18.2. The van der Waals surface area contributed by atoms with Gasteiger partial charge in [0.1, 0.15) is 23.5 Å². The summed E-state index contributed by atoms with van der Waals surface area (Å²) in [6.07, 6.45) is 1.29. The summed E-state index contributed by atoms with van der Waals surface area (Å²) in [5, 5.41) is 12.6. The van der Waals surface area contributed by atoms with E-state index in [1.807, 2.05) is 13.0 Å². The summed E-state index contributed by atoms with van der Waals surface area (Å²) in [7, 11) is 0. The molecule has 0 aliphatic carbocycles. The molecule has 3 aliphatic rings. The molecule has 4 heterocycles. The van der Waals surface area contributed by atoms with E-state index in [2.05, 4.69) is 10.3 Å². The topological polar surface area (TPSA) is 179 Å². The SMILES string of the molecule is CCOC(=O)N1CCN(C(=O)[C@H](CCC(=O)O)NC(=O)c2cc(OCC(=O)N3CCC[C@H]3C(=O)N3CCC3)c3ccc(C)cc3n2)CC1. The summed E-state index contributed by atoms with van der Waals surface area (Å²) in [6.45, 7) is 6.17. The quantitative estimate of drug-likeness (QED) is 0.356. The van der Waals surface area contributed by atoms with Crippen LogP contribution < -0.4 is 10.1 Å². The highest BCUT2D eigenvalue weighted by atomic mass is 16.6. The second kappa shape index (κ2) is 15.3. The van der Waals surface area contributed by atoms with E-state index in [9.17, 15) is 33.9 Å². The summed E-state index contributed by atoms with van der Waals surface area (Å²) >= 11 is 0. The lowest BCUT2D eigenvalue weighted by atomic mass is 10.1. The fourth-order valence-corrected chi connectivity index (χ4v) is 6.14. The van der Waals surface area contributed by atoms with Crippen LogP contribution in [0, 0.1) is 6.92 Å². The van der Waals surface area contributed by atoms with Crippen LogP contribution in [0.5, 0.6) is 5.75 Å². The number of carbonyl (C=O) groups is 6. The number of likely N-dealkylation sites (tertiary alicyclic amines) is 2. The van der Waals surface area contributed by atoms with Crippen LogP contribution in [-0.2, 0) is 23.9 Å². The van der Waals surface area contributed by atoms with Crippen LogP contribution in [0.4, 0.5) is 4.79 Å². The number of piperazine rings is 1. The summed E-state index contributed by atoms with van der Waals surface area (Å²) in [5.41, 5.74) is 1.22. The molecule has 5 amide bonds. The molecule has 15 heteroatoms. The van der Waals surface area contributed by atoms with Gasteiger partial charge in [0.25, 0.3) is 11.8 Å². The number of carbonyl (C=O) groups excluding carboxylic acids is 5. The van der Waals surface area contributed by atoms with Crippen LogP contribution in [-0.4, -0.2) is 136 Å². The molecule has 2 N–H and O–H groups in total. The monoisotopic (exact) mass is 666 g/mol. The Kier molecular flexibility index (Phi) is 11.0. The maximum atomic E-state index is 13.6. The lowest BCUT2D eigenvalue weighted by molar-refractivity contribution is -0.147. The molecule has 0 unspecified atom stereocenters. The Balaban J connectivity index is 1.31. The van der Waals surface area contributed by atoms with Gasteiger partial charge in [-0.2, -0.15) is 0 Å². The first-order valence-electron chi connectivity index (χ1n) is 16.4. The summed E-state index contributed by atoms with van der Waals surface area (Å²) in [5.74, 6) is -2.46. The second-order valence-corrected chi connectivity index (χ2v) is 12.2. The largest absolute Gasteiger partial charge is 0.483 e. The summed E-state index contributed by atoms with van der Waals surface area (Å²) in [6, 6.07) is 5.11. The molecule has 0 spiro atoms. The highest BCUT2D eigenvalue weighted by Crippen LogP contribution is 2.28. The average Bonchev–Trinajstić information content (AvgIpc) is 3.54. The third-order valence-corrected chi connectivity index (χ3v) is 8.90. The van der Waals surface area contributed by atoms with Crippen molar-refractivity contribution in [1.29, 1.82) is 0 Å².